The van der Waals surface area contributed by atoms with Crippen molar-refractivity contribution in [3.63, 3.8) is 0 Å². The van der Waals surface area contributed by atoms with E-state index in [1.54, 1.807) is 18.5 Å². The number of aryl methyl sites for hydroxylation is 1. The smallest absolute Gasteiger partial charge is 0.141 e. The maximum atomic E-state index is 13.4. The van der Waals surface area contributed by atoms with Gasteiger partial charge in [0.05, 0.1) is 41.9 Å². The summed E-state index contributed by atoms with van der Waals surface area (Å²) in [6.07, 6.45) is 1.76. The van der Waals surface area contributed by atoms with E-state index in [-0.39, 0.29) is 5.02 Å². The van der Waals surface area contributed by atoms with Crippen LogP contribution < -0.4 is 0 Å². The Morgan fingerprint density at radius 2 is 2.00 bits per heavy atom. The van der Waals surface area contributed by atoms with Crippen LogP contribution in [0.15, 0.2) is 35.3 Å². The van der Waals surface area contributed by atoms with Gasteiger partial charge in [0.15, 0.2) is 0 Å². The topological polar surface area (TPSA) is 34.1 Å². The molecule has 4 nitrogen and oxygen atoms in total. The molecule has 28 heavy (non-hydrogen) atoms. The molecule has 1 fully saturated rings. The zero-order valence-corrected chi connectivity index (χ0v) is 17.6. The van der Waals surface area contributed by atoms with E-state index >= 15 is 0 Å². The molecule has 1 aliphatic rings. The number of aliphatic imine (C=N–C) groups is 1. The summed E-state index contributed by atoms with van der Waals surface area (Å²) in [7, 11) is 1.95. The van der Waals surface area contributed by atoms with E-state index in [0.717, 1.165) is 23.2 Å². The Hall–Kier alpha value is -1.66. The third-order valence-corrected chi connectivity index (χ3v) is 5.44. The van der Waals surface area contributed by atoms with Gasteiger partial charge < -0.3 is 14.4 Å². The first-order valence-corrected chi connectivity index (χ1v) is 9.81. The number of hydrogen-bond donors (Lipinski definition) is 0. The molecule has 1 aliphatic heterocycles. The monoisotopic (exact) mass is 424 g/mol. The fourth-order valence-electron chi connectivity index (χ4n) is 2.95. The highest BCUT2D eigenvalue weighted by Crippen LogP contribution is 2.40. The molecule has 2 aromatic rings. The molecular formula is C21H23Cl2FN2O2. The van der Waals surface area contributed by atoms with E-state index in [9.17, 15) is 4.39 Å². The Morgan fingerprint density at radius 3 is 2.61 bits per heavy atom. The van der Waals surface area contributed by atoms with E-state index in [1.165, 1.54) is 6.07 Å². The molecule has 0 spiro atoms. The van der Waals surface area contributed by atoms with Gasteiger partial charge in [-0.25, -0.2) is 9.38 Å². The second kappa shape index (κ2) is 8.78. The summed E-state index contributed by atoms with van der Waals surface area (Å²) in [5, 5.41) is 0.638. The average Bonchev–Trinajstić information content (AvgIpc) is 2.64. The molecule has 1 heterocycles. The van der Waals surface area contributed by atoms with Gasteiger partial charge in [0.1, 0.15) is 11.4 Å². The summed E-state index contributed by atoms with van der Waals surface area (Å²) in [6.45, 7) is 6.07. The maximum absolute atomic E-state index is 13.4. The summed E-state index contributed by atoms with van der Waals surface area (Å²) in [5.74, 6) is -0.445. The van der Waals surface area contributed by atoms with Crippen LogP contribution in [0.25, 0.3) is 0 Å². The Morgan fingerprint density at radius 1 is 1.25 bits per heavy atom. The Bertz CT molecular complexity index is 885. The van der Waals surface area contributed by atoms with Crippen molar-refractivity contribution in [2.75, 3.05) is 26.8 Å². The summed E-state index contributed by atoms with van der Waals surface area (Å²) in [6, 6.07) is 8.43. The normalized spacial score (nSPS) is 15.6. The van der Waals surface area contributed by atoms with Crippen LogP contribution in [0.1, 0.15) is 23.6 Å². The Kier molecular flexibility index (Phi) is 6.61. The molecule has 150 valence electrons. The van der Waals surface area contributed by atoms with Crippen molar-refractivity contribution in [2.45, 2.75) is 26.1 Å². The molecule has 0 N–H and O–H groups in total. The van der Waals surface area contributed by atoms with Gasteiger partial charge in [-0.3, -0.25) is 0 Å². The highest BCUT2D eigenvalue weighted by atomic mass is 35.5. The van der Waals surface area contributed by atoms with Gasteiger partial charge in [-0.2, -0.15) is 0 Å². The van der Waals surface area contributed by atoms with Crippen LogP contribution in [-0.4, -0.2) is 38.0 Å². The minimum atomic E-state index is -0.586. The van der Waals surface area contributed by atoms with E-state index in [4.69, 9.17) is 32.7 Å². The number of benzene rings is 2. The lowest BCUT2D eigenvalue weighted by atomic mass is 9.88. The predicted molar refractivity (Wildman–Crippen MR) is 111 cm³/mol. The van der Waals surface area contributed by atoms with Crippen molar-refractivity contribution in [1.82, 2.24) is 4.90 Å². The number of rotatable bonds is 7. The predicted octanol–water partition coefficient (Wildman–Crippen LogP) is 5.49. The van der Waals surface area contributed by atoms with Crippen LogP contribution in [0, 0.1) is 12.7 Å². The fourth-order valence-corrected chi connectivity index (χ4v) is 3.37. The third kappa shape index (κ3) is 4.49. The summed E-state index contributed by atoms with van der Waals surface area (Å²) >= 11 is 12.3. The molecule has 0 aromatic heterocycles. The standard InChI is InChI=1S/C21H23Cl2FN2O2/c1-4-26(3)13-25-20-7-14(2)16(9-18(20)23)21(11-27-12-21)28-10-15-5-6-19(24)17(22)8-15/h5-9,13H,4,10-12H2,1-3H3. The Labute approximate surface area is 174 Å². The number of nitrogens with zero attached hydrogens (tertiary/aromatic N) is 2. The van der Waals surface area contributed by atoms with E-state index in [2.05, 4.69) is 4.99 Å². The van der Waals surface area contributed by atoms with Crippen LogP contribution in [-0.2, 0) is 21.7 Å². The molecule has 3 rings (SSSR count). The van der Waals surface area contributed by atoms with Crippen LogP contribution in [0.4, 0.5) is 10.1 Å². The molecule has 1 saturated heterocycles. The van der Waals surface area contributed by atoms with E-state index < -0.39 is 11.4 Å². The first-order valence-electron chi connectivity index (χ1n) is 9.05. The Balaban J connectivity index is 1.82. The quantitative estimate of drug-likeness (QED) is 0.434. The molecule has 0 amide bonds. The number of halogens is 3. The van der Waals surface area contributed by atoms with Crippen LogP contribution in [0.5, 0.6) is 0 Å². The van der Waals surface area contributed by atoms with Gasteiger partial charge in [-0.1, -0.05) is 29.3 Å². The van der Waals surface area contributed by atoms with Crippen molar-refractivity contribution in [3.8, 4) is 0 Å². The summed E-state index contributed by atoms with van der Waals surface area (Å²) in [4.78, 5) is 6.43. The average molecular weight is 425 g/mol. The highest BCUT2D eigenvalue weighted by molar-refractivity contribution is 6.33. The lowest BCUT2D eigenvalue weighted by Crippen LogP contribution is -2.49. The van der Waals surface area contributed by atoms with Crippen LogP contribution in [0.3, 0.4) is 0 Å². The summed E-state index contributed by atoms with van der Waals surface area (Å²) in [5.41, 5.74) is 2.92. The second-order valence-electron chi connectivity index (χ2n) is 6.96. The van der Waals surface area contributed by atoms with E-state index in [0.29, 0.717) is 30.5 Å². The molecular weight excluding hydrogens is 402 g/mol. The van der Waals surface area contributed by atoms with E-state index in [1.807, 2.05) is 37.9 Å². The van der Waals surface area contributed by atoms with Gasteiger partial charge in [0.2, 0.25) is 0 Å². The maximum Gasteiger partial charge on any atom is 0.141 e. The van der Waals surface area contributed by atoms with Gasteiger partial charge in [0.25, 0.3) is 0 Å². The van der Waals surface area contributed by atoms with Crippen molar-refractivity contribution in [3.05, 3.63) is 62.9 Å². The molecule has 0 aliphatic carbocycles. The van der Waals surface area contributed by atoms with Gasteiger partial charge in [-0.15, -0.1) is 0 Å². The minimum Gasteiger partial charge on any atom is -0.375 e. The molecule has 2 aromatic carbocycles. The lowest BCUT2D eigenvalue weighted by molar-refractivity contribution is -0.223. The van der Waals surface area contributed by atoms with Crippen LogP contribution in [0.2, 0.25) is 10.0 Å². The first-order chi connectivity index (χ1) is 13.3. The SMILES string of the molecule is CCN(C)C=Nc1cc(C)c(C2(OCc3ccc(F)c(Cl)c3)COC2)cc1Cl. The highest BCUT2D eigenvalue weighted by Gasteiger charge is 2.43. The molecule has 0 atom stereocenters. The zero-order chi connectivity index (χ0) is 20.3. The molecule has 0 saturated carbocycles. The zero-order valence-electron chi connectivity index (χ0n) is 16.1. The number of hydrogen-bond acceptors (Lipinski definition) is 3. The summed E-state index contributed by atoms with van der Waals surface area (Å²) < 4.78 is 25.0. The first kappa shape index (κ1) is 21.1. The lowest BCUT2D eigenvalue weighted by Gasteiger charge is -2.42. The second-order valence-corrected chi connectivity index (χ2v) is 7.77. The molecule has 0 bridgehead atoms. The minimum absolute atomic E-state index is 0.0819. The fraction of sp³-hybridized carbons (Fsp3) is 0.381. The van der Waals surface area contributed by atoms with Crippen molar-refractivity contribution < 1.29 is 13.9 Å². The van der Waals surface area contributed by atoms with Crippen LogP contribution >= 0.6 is 23.2 Å². The van der Waals surface area contributed by atoms with Crippen molar-refractivity contribution >= 4 is 35.2 Å². The van der Waals surface area contributed by atoms with Gasteiger partial charge in [0, 0.05) is 13.6 Å². The third-order valence-electron chi connectivity index (χ3n) is 4.85. The molecule has 0 unspecified atom stereocenters. The molecule has 7 heteroatoms. The van der Waals surface area contributed by atoms with Gasteiger partial charge >= 0.3 is 0 Å². The number of ether oxygens (including phenoxy) is 2. The van der Waals surface area contributed by atoms with Crippen molar-refractivity contribution in [2.24, 2.45) is 4.99 Å². The van der Waals surface area contributed by atoms with Crippen molar-refractivity contribution in [1.29, 1.82) is 0 Å². The molecule has 0 radical (unpaired) electrons. The largest absolute Gasteiger partial charge is 0.375 e. The van der Waals surface area contributed by atoms with Gasteiger partial charge in [-0.05, 0) is 54.8 Å².